The first-order valence-corrected chi connectivity index (χ1v) is 5.68. The first-order valence-electron chi connectivity index (χ1n) is 3.52. The standard InChI is InChI=1S/C8H6F2I2O2/c1-13-4-2-5(11)7(6(12)3-4)14-8(9)10/h2-3,8H,1H3. The number of rotatable bonds is 3. The number of alkyl halides is 2. The van der Waals surface area contributed by atoms with Crippen molar-refractivity contribution in [1.29, 1.82) is 0 Å². The van der Waals surface area contributed by atoms with Crippen LogP contribution in [0.4, 0.5) is 8.78 Å². The Balaban J connectivity index is 3.05. The van der Waals surface area contributed by atoms with E-state index in [1.165, 1.54) is 7.11 Å². The summed E-state index contributed by atoms with van der Waals surface area (Å²) in [6, 6.07) is 3.28. The van der Waals surface area contributed by atoms with Gasteiger partial charge < -0.3 is 9.47 Å². The van der Waals surface area contributed by atoms with Crippen molar-refractivity contribution in [3.63, 3.8) is 0 Å². The van der Waals surface area contributed by atoms with E-state index in [4.69, 9.17) is 4.74 Å². The molecule has 0 aliphatic carbocycles. The SMILES string of the molecule is COc1cc(I)c(OC(F)F)c(I)c1. The van der Waals surface area contributed by atoms with Gasteiger partial charge >= 0.3 is 6.61 Å². The Labute approximate surface area is 107 Å². The van der Waals surface area contributed by atoms with Crippen molar-refractivity contribution in [1.82, 2.24) is 0 Å². The van der Waals surface area contributed by atoms with E-state index in [2.05, 4.69) is 4.74 Å². The predicted molar refractivity (Wildman–Crippen MR) is 65.1 cm³/mol. The van der Waals surface area contributed by atoms with E-state index in [0.717, 1.165) is 0 Å². The van der Waals surface area contributed by atoms with E-state index in [-0.39, 0.29) is 5.75 Å². The van der Waals surface area contributed by atoms with Gasteiger partial charge in [-0.25, -0.2) is 0 Å². The van der Waals surface area contributed by atoms with E-state index in [1.807, 2.05) is 45.2 Å². The quantitative estimate of drug-likeness (QED) is 0.690. The largest absolute Gasteiger partial charge is 0.497 e. The molecule has 14 heavy (non-hydrogen) atoms. The minimum absolute atomic E-state index is 0.196. The molecule has 0 aliphatic heterocycles. The van der Waals surface area contributed by atoms with Crippen molar-refractivity contribution in [3.8, 4) is 11.5 Å². The highest BCUT2D eigenvalue weighted by Gasteiger charge is 2.13. The first-order chi connectivity index (χ1) is 6.54. The van der Waals surface area contributed by atoms with Gasteiger partial charge in [0.1, 0.15) is 5.75 Å². The normalized spacial score (nSPS) is 10.4. The van der Waals surface area contributed by atoms with E-state index in [1.54, 1.807) is 12.1 Å². The molecule has 2 nitrogen and oxygen atoms in total. The van der Waals surface area contributed by atoms with Crippen LogP contribution in [0.15, 0.2) is 12.1 Å². The van der Waals surface area contributed by atoms with Gasteiger partial charge in [-0.3, -0.25) is 0 Å². The summed E-state index contributed by atoms with van der Waals surface area (Å²) in [5.41, 5.74) is 0. The second kappa shape index (κ2) is 5.29. The number of hydrogen-bond acceptors (Lipinski definition) is 2. The number of ether oxygens (including phenoxy) is 2. The highest BCUT2D eigenvalue weighted by Crippen LogP contribution is 2.32. The molecule has 0 radical (unpaired) electrons. The fourth-order valence-corrected chi connectivity index (χ4v) is 2.82. The molecule has 0 fully saturated rings. The van der Waals surface area contributed by atoms with Gasteiger partial charge in [-0.2, -0.15) is 8.78 Å². The van der Waals surface area contributed by atoms with Crippen LogP contribution in [0.2, 0.25) is 0 Å². The van der Waals surface area contributed by atoms with Crippen molar-refractivity contribution in [3.05, 3.63) is 19.3 Å². The third-order valence-corrected chi connectivity index (χ3v) is 3.02. The summed E-state index contributed by atoms with van der Waals surface area (Å²) in [5, 5.41) is 0. The van der Waals surface area contributed by atoms with Gasteiger partial charge in [0.05, 0.1) is 14.3 Å². The van der Waals surface area contributed by atoms with E-state index < -0.39 is 6.61 Å². The molecule has 1 aromatic carbocycles. The average molecular weight is 426 g/mol. The Hall–Kier alpha value is 0.140. The van der Waals surface area contributed by atoms with Crippen LogP contribution in [0.25, 0.3) is 0 Å². The lowest BCUT2D eigenvalue weighted by Gasteiger charge is -2.10. The van der Waals surface area contributed by atoms with E-state index in [9.17, 15) is 8.78 Å². The highest BCUT2D eigenvalue weighted by atomic mass is 127. The van der Waals surface area contributed by atoms with Gasteiger partial charge in [0.25, 0.3) is 0 Å². The van der Waals surface area contributed by atoms with Crippen LogP contribution in [0, 0.1) is 7.14 Å². The van der Waals surface area contributed by atoms with Crippen LogP contribution < -0.4 is 9.47 Å². The van der Waals surface area contributed by atoms with Gasteiger partial charge in [0.2, 0.25) is 0 Å². The molecule has 6 heteroatoms. The lowest BCUT2D eigenvalue weighted by Crippen LogP contribution is -2.05. The first kappa shape index (κ1) is 12.2. The molecule has 0 spiro atoms. The van der Waals surface area contributed by atoms with Crippen molar-refractivity contribution < 1.29 is 18.3 Å². The maximum absolute atomic E-state index is 12.0. The van der Waals surface area contributed by atoms with Crippen LogP contribution in [-0.2, 0) is 0 Å². The zero-order chi connectivity index (χ0) is 10.7. The van der Waals surface area contributed by atoms with Crippen molar-refractivity contribution >= 4 is 45.2 Å². The molecule has 1 rings (SSSR count). The van der Waals surface area contributed by atoms with Crippen LogP contribution in [0.1, 0.15) is 0 Å². The summed E-state index contributed by atoms with van der Waals surface area (Å²) in [4.78, 5) is 0. The minimum atomic E-state index is -2.80. The summed E-state index contributed by atoms with van der Waals surface area (Å²) in [6.07, 6.45) is 0. The molecule has 78 valence electrons. The van der Waals surface area contributed by atoms with Gasteiger partial charge in [-0.15, -0.1) is 0 Å². The van der Waals surface area contributed by atoms with Crippen molar-refractivity contribution in [2.75, 3.05) is 7.11 Å². The molecule has 0 heterocycles. The van der Waals surface area contributed by atoms with Crippen molar-refractivity contribution in [2.45, 2.75) is 6.61 Å². The zero-order valence-electron chi connectivity index (χ0n) is 7.06. The molecule has 0 saturated heterocycles. The second-order valence-corrected chi connectivity index (χ2v) is 4.62. The molecule has 0 aliphatic rings. The van der Waals surface area contributed by atoms with E-state index in [0.29, 0.717) is 12.9 Å². The lowest BCUT2D eigenvalue weighted by molar-refractivity contribution is -0.0510. The van der Waals surface area contributed by atoms with Crippen molar-refractivity contribution in [2.24, 2.45) is 0 Å². The maximum Gasteiger partial charge on any atom is 0.387 e. The zero-order valence-corrected chi connectivity index (χ0v) is 11.4. The molecule has 0 amide bonds. The average Bonchev–Trinajstić information content (AvgIpc) is 2.10. The third kappa shape index (κ3) is 3.07. The summed E-state index contributed by atoms with van der Waals surface area (Å²) < 4.78 is 34.6. The minimum Gasteiger partial charge on any atom is -0.497 e. The summed E-state index contributed by atoms with van der Waals surface area (Å²) in [7, 11) is 1.52. The summed E-state index contributed by atoms with van der Waals surface area (Å²) in [6.45, 7) is -2.80. The van der Waals surface area contributed by atoms with Gasteiger partial charge in [-0.1, -0.05) is 0 Å². The van der Waals surface area contributed by atoms with Crippen LogP contribution in [-0.4, -0.2) is 13.7 Å². The second-order valence-electron chi connectivity index (χ2n) is 2.30. The number of hydrogen-bond donors (Lipinski definition) is 0. The van der Waals surface area contributed by atoms with Gasteiger partial charge in [0, 0.05) is 0 Å². The topological polar surface area (TPSA) is 18.5 Å². The Morgan fingerprint density at radius 3 is 2.07 bits per heavy atom. The Bertz CT molecular complexity index is 308. The molecule has 0 bridgehead atoms. The third-order valence-electron chi connectivity index (χ3n) is 1.41. The molecule has 0 saturated carbocycles. The highest BCUT2D eigenvalue weighted by molar-refractivity contribution is 14.1. The molecular formula is C8H6F2I2O2. The van der Waals surface area contributed by atoms with Crippen LogP contribution in [0.5, 0.6) is 11.5 Å². The van der Waals surface area contributed by atoms with E-state index >= 15 is 0 Å². The van der Waals surface area contributed by atoms with Crippen LogP contribution in [0.3, 0.4) is 0 Å². The van der Waals surface area contributed by atoms with Crippen LogP contribution >= 0.6 is 45.2 Å². The Kier molecular flexibility index (Phi) is 4.61. The molecule has 0 unspecified atom stereocenters. The predicted octanol–water partition coefficient (Wildman–Crippen LogP) is 3.51. The maximum atomic E-state index is 12.0. The van der Waals surface area contributed by atoms with Gasteiger partial charge in [0.15, 0.2) is 5.75 Å². The molecule has 1 aromatic rings. The molecule has 0 atom stereocenters. The summed E-state index contributed by atoms with van der Waals surface area (Å²) in [5.74, 6) is 0.822. The Morgan fingerprint density at radius 1 is 1.21 bits per heavy atom. The monoisotopic (exact) mass is 426 g/mol. The fraction of sp³-hybridized carbons (Fsp3) is 0.250. The fourth-order valence-electron chi connectivity index (χ4n) is 0.856. The molecular weight excluding hydrogens is 420 g/mol. The molecule has 0 aromatic heterocycles. The molecule has 0 N–H and O–H groups in total. The smallest absolute Gasteiger partial charge is 0.387 e. The van der Waals surface area contributed by atoms with Gasteiger partial charge in [-0.05, 0) is 57.3 Å². The lowest BCUT2D eigenvalue weighted by atomic mass is 10.3. The number of halogens is 4. The summed E-state index contributed by atoms with van der Waals surface area (Å²) >= 11 is 3.85. The Morgan fingerprint density at radius 2 is 1.71 bits per heavy atom. The number of benzene rings is 1. The number of methoxy groups -OCH3 is 1.